The van der Waals surface area contributed by atoms with Crippen LogP contribution in [0.15, 0.2) is 18.3 Å². The fraction of sp³-hybridized carbons (Fsp3) is 0.667. The number of hydrogen-bond acceptors (Lipinski definition) is 5. The molecule has 2 atom stereocenters. The number of fused-ring (bicyclic) bond motifs is 2. The zero-order valence-corrected chi connectivity index (χ0v) is 12.1. The predicted molar refractivity (Wildman–Crippen MR) is 74.7 cm³/mol. The van der Waals surface area contributed by atoms with Crippen LogP contribution in [0, 0.1) is 0 Å². The highest BCUT2D eigenvalue weighted by Crippen LogP contribution is 2.40. The fourth-order valence-corrected chi connectivity index (χ4v) is 3.27. The first-order valence-electron chi connectivity index (χ1n) is 7.24. The van der Waals surface area contributed by atoms with Crippen LogP contribution in [0.3, 0.4) is 0 Å². The van der Waals surface area contributed by atoms with E-state index in [1.165, 1.54) is 0 Å². The Morgan fingerprint density at radius 2 is 2.10 bits per heavy atom. The second-order valence-electron chi connectivity index (χ2n) is 5.77. The molecule has 2 unspecified atom stereocenters. The minimum atomic E-state index is -0.802. The molecule has 2 bridgehead atoms. The first kappa shape index (κ1) is 13.8. The maximum atomic E-state index is 11.0. The third-order valence-electron chi connectivity index (χ3n) is 4.48. The Hall–Kier alpha value is -1.17. The van der Waals surface area contributed by atoms with Crippen LogP contribution in [0.2, 0.25) is 0 Å². The average Bonchev–Trinajstić information content (AvgIpc) is 2.42. The minimum absolute atomic E-state index is 0.277. The predicted octanol–water partition coefficient (Wildman–Crippen LogP) is 1.16. The average molecular weight is 278 g/mol. The van der Waals surface area contributed by atoms with Crippen molar-refractivity contribution >= 4 is 0 Å². The molecule has 110 valence electrons. The van der Waals surface area contributed by atoms with E-state index in [1.807, 2.05) is 19.1 Å². The van der Waals surface area contributed by atoms with Gasteiger partial charge in [0.15, 0.2) is 0 Å². The largest absolute Gasteiger partial charge is 0.478 e. The highest BCUT2D eigenvalue weighted by atomic mass is 16.5. The molecule has 1 aromatic rings. The second kappa shape index (κ2) is 5.31. The van der Waals surface area contributed by atoms with E-state index < -0.39 is 5.60 Å². The van der Waals surface area contributed by atoms with E-state index in [-0.39, 0.29) is 12.1 Å². The summed E-state index contributed by atoms with van der Waals surface area (Å²) < 4.78 is 11.0. The van der Waals surface area contributed by atoms with Crippen molar-refractivity contribution in [2.24, 2.45) is 0 Å². The van der Waals surface area contributed by atoms with Crippen LogP contribution in [0.1, 0.15) is 25.3 Å². The van der Waals surface area contributed by atoms with Gasteiger partial charge in [-0.05, 0) is 32.9 Å². The highest BCUT2D eigenvalue weighted by molar-refractivity contribution is 5.25. The van der Waals surface area contributed by atoms with Gasteiger partial charge in [0, 0.05) is 29.9 Å². The number of morpholine rings is 1. The fourth-order valence-electron chi connectivity index (χ4n) is 3.27. The van der Waals surface area contributed by atoms with Gasteiger partial charge < -0.3 is 14.6 Å². The normalized spacial score (nSPS) is 34.0. The Kier molecular flexibility index (Phi) is 3.67. The number of piperidine rings is 1. The zero-order valence-electron chi connectivity index (χ0n) is 12.1. The van der Waals surface area contributed by atoms with Crippen molar-refractivity contribution in [3.63, 3.8) is 0 Å². The summed E-state index contributed by atoms with van der Waals surface area (Å²) in [4.78, 5) is 6.61. The summed E-state index contributed by atoms with van der Waals surface area (Å²) in [7, 11) is 2.12. The first-order chi connectivity index (χ1) is 9.62. The third-order valence-corrected chi connectivity index (χ3v) is 4.48. The molecule has 1 N–H and O–H groups in total. The molecule has 2 saturated heterocycles. The molecule has 5 heteroatoms. The molecule has 3 heterocycles. The molecular weight excluding hydrogens is 256 g/mol. The van der Waals surface area contributed by atoms with E-state index in [9.17, 15) is 5.11 Å². The Morgan fingerprint density at radius 1 is 1.40 bits per heavy atom. The van der Waals surface area contributed by atoms with Gasteiger partial charge in [0.1, 0.15) is 0 Å². The lowest BCUT2D eigenvalue weighted by molar-refractivity contribution is -0.137. The topological polar surface area (TPSA) is 54.8 Å². The molecule has 0 radical (unpaired) electrons. The Labute approximate surface area is 119 Å². The van der Waals surface area contributed by atoms with Crippen LogP contribution < -0.4 is 4.74 Å². The van der Waals surface area contributed by atoms with Crippen LogP contribution in [0.25, 0.3) is 0 Å². The van der Waals surface area contributed by atoms with Crippen molar-refractivity contribution in [2.45, 2.75) is 37.5 Å². The summed E-state index contributed by atoms with van der Waals surface area (Å²) >= 11 is 0. The highest BCUT2D eigenvalue weighted by Gasteiger charge is 2.45. The number of nitrogens with zero attached hydrogens (tertiary/aromatic N) is 2. The van der Waals surface area contributed by atoms with Crippen molar-refractivity contribution in [1.82, 2.24) is 9.88 Å². The SMILES string of the molecule is CCOc1ccc(C2(O)CC3COCC(C2)N3C)cn1. The maximum absolute atomic E-state index is 11.0. The van der Waals surface area contributed by atoms with Crippen molar-refractivity contribution < 1.29 is 14.6 Å². The summed E-state index contributed by atoms with van der Waals surface area (Å²) in [6.07, 6.45) is 3.12. The summed E-state index contributed by atoms with van der Waals surface area (Å²) in [6, 6.07) is 4.32. The lowest BCUT2D eigenvalue weighted by atomic mass is 9.77. The molecule has 0 aliphatic carbocycles. The number of aliphatic hydroxyl groups is 1. The maximum Gasteiger partial charge on any atom is 0.213 e. The van der Waals surface area contributed by atoms with Gasteiger partial charge in [-0.15, -0.1) is 0 Å². The van der Waals surface area contributed by atoms with Gasteiger partial charge in [-0.25, -0.2) is 4.98 Å². The van der Waals surface area contributed by atoms with Gasteiger partial charge in [-0.3, -0.25) is 4.90 Å². The standard InChI is InChI=1S/C15H22N2O3/c1-3-20-14-5-4-11(8-16-14)15(18)6-12-9-19-10-13(7-15)17(12)2/h4-5,8,12-13,18H,3,6-7,9-10H2,1-2H3. The van der Waals surface area contributed by atoms with Crippen molar-refractivity contribution in [3.8, 4) is 5.88 Å². The molecule has 2 aliphatic heterocycles. The van der Waals surface area contributed by atoms with Crippen LogP contribution >= 0.6 is 0 Å². The van der Waals surface area contributed by atoms with Gasteiger partial charge >= 0.3 is 0 Å². The molecule has 2 aliphatic rings. The Bertz CT molecular complexity index is 449. The van der Waals surface area contributed by atoms with E-state index in [1.54, 1.807) is 6.20 Å². The molecule has 1 aromatic heterocycles. The number of aromatic nitrogens is 1. The van der Waals surface area contributed by atoms with Crippen LogP contribution in [0.4, 0.5) is 0 Å². The minimum Gasteiger partial charge on any atom is -0.478 e. The van der Waals surface area contributed by atoms with Crippen molar-refractivity contribution in [1.29, 1.82) is 0 Å². The summed E-state index contributed by atoms with van der Waals surface area (Å²) in [5.74, 6) is 0.608. The Balaban J connectivity index is 1.81. The quantitative estimate of drug-likeness (QED) is 0.899. The van der Waals surface area contributed by atoms with Gasteiger partial charge in [0.05, 0.1) is 25.4 Å². The molecule has 5 nitrogen and oxygen atoms in total. The lowest BCUT2D eigenvalue weighted by Gasteiger charge is -2.50. The smallest absolute Gasteiger partial charge is 0.213 e. The van der Waals surface area contributed by atoms with Crippen LogP contribution in [-0.2, 0) is 10.3 Å². The number of hydrogen-bond donors (Lipinski definition) is 1. The number of likely N-dealkylation sites (N-methyl/N-ethyl adjacent to an activating group) is 1. The van der Waals surface area contributed by atoms with Crippen molar-refractivity contribution in [3.05, 3.63) is 23.9 Å². The molecule has 2 fully saturated rings. The number of ether oxygens (including phenoxy) is 2. The molecule has 0 saturated carbocycles. The summed E-state index contributed by atoms with van der Waals surface area (Å²) in [5, 5.41) is 11.0. The van der Waals surface area contributed by atoms with E-state index in [4.69, 9.17) is 9.47 Å². The van der Waals surface area contributed by atoms with E-state index in [2.05, 4.69) is 16.9 Å². The molecule has 0 aromatic carbocycles. The number of pyridine rings is 1. The van der Waals surface area contributed by atoms with Gasteiger partial charge in [-0.1, -0.05) is 0 Å². The van der Waals surface area contributed by atoms with E-state index in [0.717, 1.165) is 5.56 Å². The summed E-state index contributed by atoms with van der Waals surface area (Å²) in [5.41, 5.74) is 0.0783. The first-order valence-corrected chi connectivity index (χ1v) is 7.24. The van der Waals surface area contributed by atoms with Crippen molar-refractivity contribution in [2.75, 3.05) is 26.9 Å². The van der Waals surface area contributed by atoms with E-state index >= 15 is 0 Å². The summed E-state index contributed by atoms with van der Waals surface area (Å²) in [6.45, 7) is 3.92. The molecule has 0 amide bonds. The van der Waals surface area contributed by atoms with Crippen LogP contribution in [-0.4, -0.2) is 53.9 Å². The Morgan fingerprint density at radius 3 is 2.65 bits per heavy atom. The van der Waals surface area contributed by atoms with Crippen LogP contribution in [0.5, 0.6) is 5.88 Å². The monoisotopic (exact) mass is 278 g/mol. The van der Waals surface area contributed by atoms with Gasteiger partial charge in [-0.2, -0.15) is 0 Å². The van der Waals surface area contributed by atoms with Gasteiger partial charge in [0.25, 0.3) is 0 Å². The van der Waals surface area contributed by atoms with Gasteiger partial charge in [0.2, 0.25) is 5.88 Å². The zero-order chi connectivity index (χ0) is 14.2. The number of rotatable bonds is 3. The molecule has 20 heavy (non-hydrogen) atoms. The molecule has 3 rings (SSSR count). The molecular formula is C15H22N2O3. The second-order valence-corrected chi connectivity index (χ2v) is 5.77. The lowest BCUT2D eigenvalue weighted by Crippen LogP contribution is -2.59. The molecule has 0 spiro atoms. The van der Waals surface area contributed by atoms with E-state index in [0.29, 0.717) is 38.5 Å². The third kappa shape index (κ3) is 2.41.